The molecule has 2 amide bonds. The predicted octanol–water partition coefficient (Wildman–Crippen LogP) is 2.28. The number of hydrogen-bond donors (Lipinski definition) is 2. The SMILES string of the molecule is O=C(c1cc(NC2CCN(C(=O)c3cncs3)CC2)ncn1)N1CC[C@@H](N2CCc3ccccc3C2)[C@H](O)C1. The molecule has 0 bridgehead atoms. The number of piperidine rings is 2. The molecule has 39 heavy (non-hydrogen) atoms. The fourth-order valence-corrected chi connectivity index (χ4v) is 6.55. The van der Waals surface area contributed by atoms with E-state index in [1.807, 2.05) is 4.90 Å². The minimum absolute atomic E-state index is 0.0296. The fourth-order valence-electron chi connectivity index (χ4n) is 5.96. The summed E-state index contributed by atoms with van der Waals surface area (Å²) in [5.41, 5.74) is 4.71. The molecule has 2 fully saturated rings. The average molecular weight is 548 g/mol. The number of thiazole rings is 1. The molecule has 1 aromatic carbocycles. The van der Waals surface area contributed by atoms with E-state index in [0.29, 0.717) is 42.6 Å². The highest BCUT2D eigenvalue weighted by Crippen LogP contribution is 2.26. The van der Waals surface area contributed by atoms with Crippen LogP contribution in [0.5, 0.6) is 0 Å². The molecule has 0 saturated carbocycles. The van der Waals surface area contributed by atoms with Gasteiger partial charge in [0.15, 0.2) is 0 Å². The highest BCUT2D eigenvalue weighted by atomic mass is 32.1. The third-order valence-electron chi connectivity index (χ3n) is 8.13. The number of carbonyl (C=O) groups excluding carboxylic acids is 2. The quantitative estimate of drug-likeness (QED) is 0.500. The molecule has 3 aliphatic rings. The smallest absolute Gasteiger partial charge is 0.272 e. The summed E-state index contributed by atoms with van der Waals surface area (Å²) >= 11 is 1.36. The van der Waals surface area contributed by atoms with Crippen LogP contribution in [0.25, 0.3) is 0 Å². The van der Waals surface area contributed by atoms with Gasteiger partial charge in [0.1, 0.15) is 22.7 Å². The molecule has 0 radical (unpaired) electrons. The molecule has 204 valence electrons. The van der Waals surface area contributed by atoms with E-state index in [1.54, 1.807) is 22.7 Å². The van der Waals surface area contributed by atoms with Gasteiger partial charge < -0.3 is 20.2 Å². The number of rotatable bonds is 5. The largest absolute Gasteiger partial charge is 0.390 e. The number of aliphatic hydroxyl groups excluding tert-OH is 1. The van der Waals surface area contributed by atoms with E-state index >= 15 is 0 Å². The van der Waals surface area contributed by atoms with E-state index in [0.717, 1.165) is 38.8 Å². The number of likely N-dealkylation sites (tertiary alicyclic amines) is 2. The summed E-state index contributed by atoms with van der Waals surface area (Å²) in [5.74, 6) is 0.442. The van der Waals surface area contributed by atoms with Crippen molar-refractivity contribution in [2.24, 2.45) is 0 Å². The Balaban J connectivity index is 1.02. The Hall–Kier alpha value is -3.41. The molecule has 10 nitrogen and oxygen atoms in total. The van der Waals surface area contributed by atoms with Crippen LogP contribution in [-0.2, 0) is 13.0 Å². The number of amides is 2. The van der Waals surface area contributed by atoms with Crippen LogP contribution in [-0.4, -0.2) is 97.5 Å². The molecule has 3 aromatic rings. The lowest BCUT2D eigenvalue weighted by atomic mass is 9.94. The summed E-state index contributed by atoms with van der Waals surface area (Å²) in [7, 11) is 0. The summed E-state index contributed by atoms with van der Waals surface area (Å²) in [4.78, 5) is 45.0. The molecule has 5 heterocycles. The maximum Gasteiger partial charge on any atom is 0.272 e. The lowest BCUT2D eigenvalue weighted by Crippen LogP contribution is -2.56. The minimum atomic E-state index is -0.606. The highest BCUT2D eigenvalue weighted by Gasteiger charge is 2.36. The van der Waals surface area contributed by atoms with Crippen molar-refractivity contribution in [2.75, 3.05) is 38.0 Å². The van der Waals surface area contributed by atoms with Crippen molar-refractivity contribution in [3.05, 3.63) is 70.1 Å². The molecule has 0 aliphatic carbocycles. The lowest BCUT2D eigenvalue weighted by Gasteiger charge is -2.43. The van der Waals surface area contributed by atoms with Gasteiger partial charge in [-0.1, -0.05) is 24.3 Å². The van der Waals surface area contributed by atoms with E-state index in [2.05, 4.69) is 49.4 Å². The number of carbonyl (C=O) groups is 2. The Labute approximate surface area is 231 Å². The maximum absolute atomic E-state index is 13.3. The average Bonchev–Trinajstić information content (AvgIpc) is 3.52. The van der Waals surface area contributed by atoms with Gasteiger partial charge in [-0.15, -0.1) is 11.3 Å². The molecule has 11 heteroatoms. The number of β-amino-alcohol motifs (C(OH)–C–C–N with tert-alkyl or cyclic N) is 1. The second kappa shape index (κ2) is 11.4. The number of benzene rings is 1. The number of hydrogen-bond acceptors (Lipinski definition) is 9. The zero-order chi connectivity index (χ0) is 26.8. The van der Waals surface area contributed by atoms with Crippen LogP contribution < -0.4 is 5.32 Å². The van der Waals surface area contributed by atoms with Gasteiger partial charge in [-0.3, -0.25) is 19.5 Å². The van der Waals surface area contributed by atoms with Crippen LogP contribution >= 0.6 is 11.3 Å². The van der Waals surface area contributed by atoms with Crippen LogP contribution in [0.1, 0.15) is 50.5 Å². The van der Waals surface area contributed by atoms with Crippen LogP contribution in [0, 0.1) is 0 Å². The number of aliphatic hydroxyl groups is 1. The van der Waals surface area contributed by atoms with Gasteiger partial charge in [-0.2, -0.15) is 0 Å². The molecule has 0 unspecified atom stereocenters. The number of nitrogens with zero attached hydrogens (tertiary/aromatic N) is 6. The lowest BCUT2D eigenvalue weighted by molar-refractivity contribution is -0.0139. The number of anilines is 1. The maximum atomic E-state index is 13.3. The minimum Gasteiger partial charge on any atom is -0.390 e. The highest BCUT2D eigenvalue weighted by molar-refractivity contribution is 7.11. The van der Waals surface area contributed by atoms with Crippen molar-refractivity contribution in [2.45, 2.75) is 50.4 Å². The summed E-state index contributed by atoms with van der Waals surface area (Å²) in [5, 5.41) is 14.4. The van der Waals surface area contributed by atoms with Gasteiger partial charge in [0.2, 0.25) is 0 Å². The molecular weight excluding hydrogens is 514 g/mol. The van der Waals surface area contributed by atoms with Crippen molar-refractivity contribution in [3.8, 4) is 0 Å². The van der Waals surface area contributed by atoms with Crippen molar-refractivity contribution in [1.82, 2.24) is 29.7 Å². The first-order valence-electron chi connectivity index (χ1n) is 13.6. The second-order valence-electron chi connectivity index (χ2n) is 10.5. The number of aromatic nitrogens is 3. The normalized spacial score (nSPS) is 22.4. The van der Waals surface area contributed by atoms with E-state index in [-0.39, 0.29) is 23.9 Å². The van der Waals surface area contributed by atoms with Gasteiger partial charge >= 0.3 is 0 Å². The van der Waals surface area contributed by atoms with Crippen molar-refractivity contribution >= 4 is 29.0 Å². The first kappa shape index (κ1) is 25.8. The summed E-state index contributed by atoms with van der Waals surface area (Å²) in [6.45, 7) is 3.94. The molecule has 2 aromatic heterocycles. The Morgan fingerprint density at radius 3 is 2.54 bits per heavy atom. The van der Waals surface area contributed by atoms with Crippen molar-refractivity contribution in [1.29, 1.82) is 0 Å². The van der Waals surface area contributed by atoms with Gasteiger partial charge in [-0.05, 0) is 36.8 Å². The first-order chi connectivity index (χ1) is 19.0. The number of nitrogens with one attached hydrogen (secondary N) is 1. The zero-order valence-corrected chi connectivity index (χ0v) is 22.6. The van der Waals surface area contributed by atoms with E-state index in [4.69, 9.17) is 0 Å². The number of fused-ring (bicyclic) bond motifs is 1. The molecule has 2 atom stereocenters. The molecule has 3 aliphatic heterocycles. The first-order valence-corrected chi connectivity index (χ1v) is 14.5. The Kier molecular flexibility index (Phi) is 7.53. The van der Waals surface area contributed by atoms with E-state index < -0.39 is 6.10 Å². The van der Waals surface area contributed by atoms with Gasteiger partial charge in [0, 0.05) is 57.4 Å². The topological polar surface area (TPSA) is 115 Å². The second-order valence-corrected chi connectivity index (χ2v) is 11.4. The van der Waals surface area contributed by atoms with Gasteiger partial charge in [0.05, 0.1) is 17.8 Å². The standard InChI is InChI=1S/C28H33N7O3S/c36-24-16-35(12-8-23(24)34-9-5-19-3-1-2-4-20(19)15-34)27(37)22-13-26(31-17-30-22)32-21-6-10-33(11-7-21)28(38)25-14-29-18-39-25/h1-4,13-14,17-18,21,23-24,36H,5-12,15-16H2,(H,30,31,32)/t23-,24-/m1/s1. The fraction of sp³-hybridized carbons (Fsp3) is 0.464. The van der Waals surface area contributed by atoms with Crippen LogP contribution in [0.4, 0.5) is 5.82 Å². The summed E-state index contributed by atoms with van der Waals surface area (Å²) in [6.07, 6.45) is 5.71. The monoisotopic (exact) mass is 547 g/mol. The molecule has 2 N–H and O–H groups in total. The summed E-state index contributed by atoms with van der Waals surface area (Å²) in [6, 6.07) is 10.4. The summed E-state index contributed by atoms with van der Waals surface area (Å²) < 4.78 is 0. The Morgan fingerprint density at radius 2 is 1.77 bits per heavy atom. The van der Waals surface area contributed by atoms with Crippen LogP contribution in [0.3, 0.4) is 0 Å². The predicted molar refractivity (Wildman–Crippen MR) is 148 cm³/mol. The molecule has 6 rings (SSSR count). The van der Waals surface area contributed by atoms with E-state index in [9.17, 15) is 14.7 Å². The molecule has 2 saturated heterocycles. The van der Waals surface area contributed by atoms with Crippen LogP contribution in [0.2, 0.25) is 0 Å². The molecule has 0 spiro atoms. The van der Waals surface area contributed by atoms with Gasteiger partial charge in [0.25, 0.3) is 11.8 Å². The zero-order valence-electron chi connectivity index (χ0n) is 21.8. The van der Waals surface area contributed by atoms with Gasteiger partial charge in [-0.25, -0.2) is 9.97 Å². The van der Waals surface area contributed by atoms with E-state index in [1.165, 1.54) is 28.8 Å². The van der Waals surface area contributed by atoms with Crippen molar-refractivity contribution < 1.29 is 14.7 Å². The van der Waals surface area contributed by atoms with Crippen molar-refractivity contribution in [3.63, 3.8) is 0 Å². The molecular formula is C28H33N7O3S. The third kappa shape index (κ3) is 5.66. The third-order valence-corrected chi connectivity index (χ3v) is 8.89. The Morgan fingerprint density at radius 1 is 0.974 bits per heavy atom. The van der Waals surface area contributed by atoms with Crippen LogP contribution in [0.15, 0.2) is 48.4 Å². The Bertz CT molecular complexity index is 1310.